The van der Waals surface area contributed by atoms with E-state index in [1.165, 1.54) is 0 Å². The van der Waals surface area contributed by atoms with Gasteiger partial charge in [0.05, 0.1) is 12.4 Å². The van der Waals surface area contributed by atoms with E-state index in [4.69, 9.17) is 4.74 Å². The molecule has 0 radical (unpaired) electrons. The molecule has 4 nitrogen and oxygen atoms in total. The lowest BCUT2D eigenvalue weighted by Gasteiger charge is -2.15. The molecule has 1 N–H and O–H groups in total. The largest absolute Gasteiger partial charge is 0.494 e. The summed E-state index contributed by atoms with van der Waals surface area (Å²) in [7, 11) is 1.72. The first-order chi connectivity index (χ1) is 9.58. The molecule has 0 saturated heterocycles. The first kappa shape index (κ1) is 15.7. The van der Waals surface area contributed by atoms with Crippen molar-refractivity contribution in [3.8, 4) is 0 Å². The zero-order chi connectivity index (χ0) is 15.0. The minimum atomic E-state index is 0.553. The maximum atomic E-state index is 5.49. The molecule has 1 heterocycles. The molecule has 0 spiro atoms. The highest BCUT2D eigenvalue weighted by molar-refractivity contribution is 5.82. The molecular formula is C16H21N3O. The SMILES string of the molecule is C=C(NC(C)=NC)/C(=C/c1cccnc1)C(=C)OCC. The van der Waals surface area contributed by atoms with Crippen molar-refractivity contribution in [3.05, 3.63) is 60.3 Å². The van der Waals surface area contributed by atoms with E-state index in [9.17, 15) is 0 Å². The highest BCUT2D eigenvalue weighted by atomic mass is 16.5. The average Bonchev–Trinajstić information content (AvgIpc) is 2.45. The second kappa shape index (κ2) is 7.94. The van der Waals surface area contributed by atoms with Crippen LogP contribution in [-0.4, -0.2) is 24.5 Å². The lowest BCUT2D eigenvalue weighted by atomic mass is 10.1. The standard InChI is InChI=1S/C16H21N3O/c1-6-20-13(3)16(12(2)19-14(4)17-5)10-15-8-7-9-18-11-15/h7-11H,2-3,6H2,1,4-5H3,(H,17,19)/b16-10-. The number of hydrogen-bond donors (Lipinski definition) is 1. The summed E-state index contributed by atoms with van der Waals surface area (Å²) in [6, 6.07) is 3.84. The maximum Gasteiger partial charge on any atom is 0.121 e. The van der Waals surface area contributed by atoms with Crippen LogP contribution in [0.1, 0.15) is 19.4 Å². The Morgan fingerprint density at radius 2 is 2.25 bits per heavy atom. The van der Waals surface area contributed by atoms with E-state index in [2.05, 4.69) is 28.5 Å². The lowest BCUT2D eigenvalue weighted by Crippen LogP contribution is -2.21. The van der Waals surface area contributed by atoms with Crippen LogP contribution >= 0.6 is 0 Å². The van der Waals surface area contributed by atoms with E-state index >= 15 is 0 Å². The fourth-order valence-electron chi connectivity index (χ4n) is 1.56. The molecule has 1 aromatic heterocycles. The van der Waals surface area contributed by atoms with Crippen molar-refractivity contribution >= 4 is 11.9 Å². The molecule has 0 fully saturated rings. The first-order valence-electron chi connectivity index (χ1n) is 6.42. The molecule has 0 aliphatic carbocycles. The highest BCUT2D eigenvalue weighted by Crippen LogP contribution is 2.19. The summed E-state index contributed by atoms with van der Waals surface area (Å²) in [6.07, 6.45) is 5.44. The topological polar surface area (TPSA) is 46.5 Å². The first-order valence-corrected chi connectivity index (χ1v) is 6.42. The van der Waals surface area contributed by atoms with Gasteiger partial charge in [0.1, 0.15) is 5.76 Å². The van der Waals surface area contributed by atoms with Crippen molar-refractivity contribution in [1.82, 2.24) is 10.3 Å². The van der Waals surface area contributed by atoms with E-state index in [0.717, 1.165) is 17.0 Å². The zero-order valence-corrected chi connectivity index (χ0v) is 12.3. The van der Waals surface area contributed by atoms with Gasteiger partial charge in [-0.05, 0) is 31.6 Å². The molecule has 0 bridgehead atoms. The van der Waals surface area contributed by atoms with Crippen molar-refractivity contribution in [1.29, 1.82) is 0 Å². The third kappa shape index (κ3) is 4.72. The van der Waals surface area contributed by atoms with Crippen LogP contribution in [0.3, 0.4) is 0 Å². The Morgan fingerprint density at radius 1 is 1.50 bits per heavy atom. The Bertz CT molecular complexity index is 530. The van der Waals surface area contributed by atoms with Gasteiger partial charge in [0.15, 0.2) is 0 Å². The van der Waals surface area contributed by atoms with Gasteiger partial charge in [0, 0.05) is 30.7 Å². The van der Waals surface area contributed by atoms with Gasteiger partial charge in [-0.25, -0.2) is 0 Å². The number of nitrogens with zero attached hydrogens (tertiary/aromatic N) is 2. The van der Waals surface area contributed by atoms with Gasteiger partial charge in [0.2, 0.25) is 0 Å². The third-order valence-corrected chi connectivity index (χ3v) is 2.61. The van der Waals surface area contributed by atoms with Crippen LogP contribution in [0.5, 0.6) is 0 Å². The average molecular weight is 271 g/mol. The number of rotatable bonds is 6. The van der Waals surface area contributed by atoms with Crippen LogP contribution in [0.4, 0.5) is 0 Å². The van der Waals surface area contributed by atoms with Gasteiger partial charge in [-0.2, -0.15) is 0 Å². The summed E-state index contributed by atoms with van der Waals surface area (Å²) in [5.41, 5.74) is 2.44. The molecule has 0 atom stereocenters. The molecule has 4 heteroatoms. The molecule has 0 amide bonds. The van der Waals surface area contributed by atoms with Gasteiger partial charge >= 0.3 is 0 Å². The fourth-order valence-corrected chi connectivity index (χ4v) is 1.56. The Kier molecular flexibility index (Phi) is 6.23. The van der Waals surface area contributed by atoms with E-state index in [0.29, 0.717) is 18.1 Å². The summed E-state index contributed by atoms with van der Waals surface area (Å²) in [4.78, 5) is 8.15. The predicted octanol–water partition coefficient (Wildman–Crippen LogP) is 3.17. The van der Waals surface area contributed by atoms with Crippen molar-refractivity contribution in [3.63, 3.8) is 0 Å². The maximum absolute atomic E-state index is 5.49. The van der Waals surface area contributed by atoms with Crippen LogP contribution in [0.25, 0.3) is 6.08 Å². The highest BCUT2D eigenvalue weighted by Gasteiger charge is 2.09. The summed E-state index contributed by atoms with van der Waals surface area (Å²) in [5.74, 6) is 1.34. The quantitative estimate of drug-likeness (QED) is 0.374. The molecule has 0 aliphatic rings. The van der Waals surface area contributed by atoms with Gasteiger partial charge < -0.3 is 10.1 Å². The number of ether oxygens (including phenoxy) is 1. The Morgan fingerprint density at radius 3 is 2.80 bits per heavy atom. The number of aliphatic imine (C=N–C) groups is 1. The van der Waals surface area contributed by atoms with Crippen molar-refractivity contribution < 1.29 is 4.74 Å². The third-order valence-electron chi connectivity index (χ3n) is 2.61. The Balaban J connectivity index is 3.06. The minimum absolute atomic E-state index is 0.553. The molecule has 0 aliphatic heterocycles. The fraction of sp³-hybridized carbons (Fsp3) is 0.250. The monoisotopic (exact) mass is 271 g/mol. The van der Waals surface area contributed by atoms with E-state index in [1.807, 2.05) is 32.1 Å². The van der Waals surface area contributed by atoms with E-state index in [1.54, 1.807) is 19.4 Å². The molecule has 1 aromatic rings. The number of hydrogen-bond acceptors (Lipinski definition) is 3. The van der Waals surface area contributed by atoms with Gasteiger partial charge in [-0.1, -0.05) is 19.2 Å². The molecular weight excluding hydrogens is 250 g/mol. The van der Waals surface area contributed by atoms with E-state index in [-0.39, 0.29) is 0 Å². The van der Waals surface area contributed by atoms with Crippen LogP contribution < -0.4 is 5.32 Å². The molecule has 1 rings (SSSR count). The summed E-state index contributed by atoms with van der Waals surface area (Å²) < 4.78 is 5.49. The molecule has 0 unspecified atom stereocenters. The van der Waals surface area contributed by atoms with Crippen LogP contribution in [0.2, 0.25) is 0 Å². The lowest BCUT2D eigenvalue weighted by molar-refractivity contribution is 0.240. The summed E-state index contributed by atoms with van der Waals surface area (Å²) >= 11 is 0. The van der Waals surface area contributed by atoms with Gasteiger partial charge in [0.25, 0.3) is 0 Å². The van der Waals surface area contributed by atoms with Crippen molar-refractivity contribution in [2.24, 2.45) is 4.99 Å². The molecule has 0 aromatic carbocycles. The predicted molar refractivity (Wildman–Crippen MR) is 84.3 cm³/mol. The normalized spacial score (nSPS) is 11.9. The number of amidine groups is 1. The Hall–Kier alpha value is -2.36. The van der Waals surface area contributed by atoms with Crippen molar-refractivity contribution in [2.75, 3.05) is 13.7 Å². The number of nitrogens with one attached hydrogen (secondary N) is 1. The summed E-state index contributed by atoms with van der Waals surface area (Å²) in [6.45, 7) is 12.3. The molecule has 20 heavy (non-hydrogen) atoms. The van der Waals surface area contributed by atoms with E-state index < -0.39 is 0 Å². The van der Waals surface area contributed by atoms with Crippen LogP contribution in [0, 0.1) is 0 Å². The zero-order valence-electron chi connectivity index (χ0n) is 12.3. The summed E-state index contributed by atoms with van der Waals surface area (Å²) in [5, 5.41) is 3.12. The van der Waals surface area contributed by atoms with Gasteiger partial charge in [-0.15, -0.1) is 0 Å². The Labute approximate surface area is 120 Å². The van der Waals surface area contributed by atoms with Crippen LogP contribution in [-0.2, 0) is 4.74 Å². The number of aromatic nitrogens is 1. The minimum Gasteiger partial charge on any atom is -0.494 e. The van der Waals surface area contributed by atoms with Crippen molar-refractivity contribution in [2.45, 2.75) is 13.8 Å². The molecule has 106 valence electrons. The van der Waals surface area contributed by atoms with Crippen LogP contribution in [0.15, 0.2) is 59.7 Å². The molecule has 0 saturated carbocycles. The number of pyridine rings is 1. The second-order valence-electron chi connectivity index (χ2n) is 4.11. The second-order valence-corrected chi connectivity index (χ2v) is 4.11. The smallest absolute Gasteiger partial charge is 0.121 e. The van der Waals surface area contributed by atoms with Gasteiger partial charge in [-0.3, -0.25) is 9.98 Å².